The highest BCUT2D eigenvalue weighted by Gasteiger charge is 2.35. The van der Waals surface area contributed by atoms with Gasteiger partial charge in [-0.25, -0.2) is 0 Å². The molecule has 1 aliphatic carbocycles. The number of rotatable bonds is 3. The summed E-state index contributed by atoms with van der Waals surface area (Å²) in [5, 5.41) is 13.1. The van der Waals surface area contributed by atoms with E-state index in [1.165, 1.54) is 19.3 Å². The lowest BCUT2D eigenvalue weighted by atomic mass is 9.74. The monoisotopic (exact) mass is 234 g/mol. The lowest BCUT2D eigenvalue weighted by Gasteiger charge is -2.43. The van der Waals surface area contributed by atoms with Gasteiger partial charge in [0.05, 0.1) is 16.3 Å². The third-order valence-electron chi connectivity index (χ3n) is 3.51. The zero-order valence-corrected chi connectivity index (χ0v) is 10.1. The molecule has 0 atom stereocenters. The number of nitrogens with zero attached hydrogens (tertiary/aromatic N) is 1. The molecule has 1 aromatic carbocycles. The van der Waals surface area contributed by atoms with Gasteiger partial charge < -0.3 is 5.32 Å². The van der Waals surface area contributed by atoms with Gasteiger partial charge in [0.25, 0.3) is 0 Å². The molecule has 3 heteroatoms. The van der Waals surface area contributed by atoms with Crippen LogP contribution >= 0.6 is 11.6 Å². The van der Waals surface area contributed by atoms with Crippen molar-refractivity contribution >= 4 is 17.3 Å². The number of hydrogen-bond acceptors (Lipinski definition) is 2. The quantitative estimate of drug-likeness (QED) is 0.860. The molecule has 0 unspecified atom stereocenters. The normalized spacial score (nSPS) is 17.3. The van der Waals surface area contributed by atoms with E-state index in [1.807, 2.05) is 12.1 Å². The van der Waals surface area contributed by atoms with E-state index < -0.39 is 0 Å². The molecular weight excluding hydrogens is 220 g/mol. The number of nitriles is 1. The zero-order chi connectivity index (χ0) is 11.6. The Morgan fingerprint density at radius 3 is 2.75 bits per heavy atom. The fraction of sp³-hybridized carbons (Fsp3) is 0.462. The van der Waals surface area contributed by atoms with E-state index in [9.17, 15) is 0 Å². The molecule has 1 aromatic rings. The molecule has 1 fully saturated rings. The Balaban J connectivity index is 2.28. The topological polar surface area (TPSA) is 35.8 Å². The second-order valence-electron chi connectivity index (χ2n) is 4.39. The van der Waals surface area contributed by atoms with Crippen molar-refractivity contribution in [1.82, 2.24) is 0 Å². The van der Waals surface area contributed by atoms with Crippen molar-refractivity contribution in [3.63, 3.8) is 0 Å². The Morgan fingerprint density at radius 2 is 2.25 bits per heavy atom. The largest absolute Gasteiger partial charge is 0.379 e. The molecule has 2 nitrogen and oxygen atoms in total. The van der Waals surface area contributed by atoms with Crippen molar-refractivity contribution in [2.45, 2.75) is 38.1 Å². The van der Waals surface area contributed by atoms with Gasteiger partial charge >= 0.3 is 0 Å². The van der Waals surface area contributed by atoms with E-state index >= 15 is 0 Å². The molecular formula is C13H15ClN2. The van der Waals surface area contributed by atoms with Crippen LogP contribution in [0, 0.1) is 11.3 Å². The first-order valence-corrected chi connectivity index (χ1v) is 6.05. The van der Waals surface area contributed by atoms with Gasteiger partial charge in [-0.3, -0.25) is 0 Å². The molecule has 0 aromatic heterocycles. The Bertz CT molecular complexity index is 425. The maximum atomic E-state index is 9.09. The lowest BCUT2D eigenvalue weighted by Crippen LogP contribution is -2.44. The highest BCUT2D eigenvalue weighted by atomic mass is 35.5. The van der Waals surface area contributed by atoms with Gasteiger partial charge in [0.2, 0.25) is 0 Å². The summed E-state index contributed by atoms with van der Waals surface area (Å²) in [4.78, 5) is 0. The Labute approximate surface area is 101 Å². The highest BCUT2D eigenvalue weighted by molar-refractivity contribution is 6.32. The summed E-state index contributed by atoms with van der Waals surface area (Å²) in [6, 6.07) is 7.73. The minimum Gasteiger partial charge on any atom is -0.379 e. The first kappa shape index (κ1) is 11.3. The molecule has 0 spiro atoms. The predicted molar refractivity (Wildman–Crippen MR) is 66.7 cm³/mol. The maximum absolute atomic E-state index is 9.09. The number of anilines is 1. The van der Waals surface area contributed by atoms with E-state index in [-0.39, 0.29) is 5.54 Å². The molecule has 1 N–H and O–H groups in total. The maximum Gasteiger partial charge on any atom is 0.103 e. The van der Waals surface area contributed by atoms with Crippen LogP contribution in [0.5, 0.6) is 0 Å². The predicted octanol–water partition coefficient (Wildman–Crippen LogP) is 3.96. The number of nitrogens with one attached hydrogen (secondary N) is 1. The average molecular weight is 235 g/mol. The van der Waals surface area contributed by atoms with Gasteiger partial charge in [0.15, 0.2) is 0 Å². The van der Waals surface area contributed by atoms with Crippen molar-refractivity contribution in [3.8, 4) is 6.07 Å². The van der Waals surface area contributed by atoms with Crippen LogP contribution in [0.4, 0.5) is 5.69 Å². The Hall–Kier alpha value is -1.20. The van der Waals surface area contributed by atoms with Crippen LogP contribution < -0.4 is 5.32 Å². The van der Waals surface area contributed by atoms with Crippen LogP contribution in [0.15, 0.2) is 18.2 Å². The standard InChI is InChI=1S/C13H15ClN2/c1-2-13(7-4-8-13)16-12-6-3-5-11(14)10(12)9-15/h3,5-6,16H,2,4,7-8H2,1H3. The Morgan fingerprint density at radius 1 is 1.50 bits per heavy atom. The molecule has 0 aliphatic heterocycles. The van der Waals surface area contributed by atoms with E-state index in [4.69, 9.17) is 16.9 Å². The second-order valence-corrected chi connectivity index (χ2v) is 4.79. The van der Waals surface area contributed by atoms with Gasteiger partial charge in [-0.2, -0.15) is 5.26 Å². The van der Waals surface area contributed by atoms with E-state index in [0.29, 0.717) is 10.6 Å². The fourth-order valence-electron chi connectivity index (χ4n) is 2.20. The summed E-state index contributed by atoms with van der Waals surface area (Å²) in [6.07, 6.45) is 4.72. The van der Waals surface area contributed by atoms with Crippen molar-refractivity contribution in [2.75, 3.05) is 5.32 Å². The zero-order valence-electron chi connectivity index (χ0n) is 9.39. The van der Waals surface area contributed by atoms with Gasteiger partial charge in [0, 0.05) is 5.54 Å². The Kier molecular flexibility index (Phi) is 3.07. The van der Waals surface area contributed by atoms with Crippen LogP contribution in [0.1, 0.15) is 38.2 Å². The summed E-state index contributed by atoms with van der Waals surface area (Å²) in [5.74, 6) is 0. The number of benzene rings is 1. The summed E-state index contributed by atoms with van der Waals surface area (Å²) in [5.41, 5.74) is 1.62. The third kappa shape index (κ3) is 1.88. The molecule has 1 saturated carbocycles. The summed E-state index contributed by atoms with van der Waals surface area (Å²) >= 11 is 6.00. The highest BCUT2D eigenvalue weighted by Crippen LogP contribution is 2.39. The molecule has 0 radical (unpaired) electrons. The van der Waals surface area contributed by atoms with Gasteiger partial charge in [-0.1, -0.05) is 24.6 Å². The second kappa shape index (κ2) is 4.35. The van der Waals surface area contributed by atoms with Crippen LogP contribution in [0.2, 0.25) is 5.02 Å². The summed E-state index contributed by atoms with van der Waals surface area (Å²) in [6.45, 7) is 2.18. The SMILES string of the molecule is CCC1(Nc2cccc(Cl)c2C#N)CCC1. The number of halogens is 1. The molecule has 0 saturated heterocycles. The van der Waals surface area contributed by atoms with Gasteiger partial charge in [0.1, 0.15) is 6.07 Å². The number of hydrogen-bond donors (Lipinski definition) is 1. The average Bonchev–Trinajstić information content (AvgIpc) is 2.23. The molecule has 0 bridgehead atoms. The van der Waals surface area contributed by atoms with E-state index in [2.05, 4.69) is 18.3 Å². The van der Waals surface area contributed by atoms with Crippen molar-refractivity contribution in [3.05, 3.63) is 28.8 Å². The van der Waals surface area contributed by atoms with Crippen LogP contribution in [0.25, 0.3) is 0 Å². The van der Waals surface area contributed by atoms with Crippen molar-refractivity contribution in [1.29, 1.82) is 5.26 Å². The molecule has 16 heavy (non-hydrogen) atoms. The lowest BCUT2D eigenvalue weighted by molar-refractivity contribution is 0.269. The minimum atomic E-state index is 0.191. The van der Waals surface area contributed by atoms with Crippen LogP contribution in [-0.2, 0) is 0 Å². The van der Waals surface area contributed by atoms with Crippen molar-refractivity contribution in [2.24, 2.45) is 0 Å². The van der Waals surface area contributed by atoms with Crippen molar-refractivity contribution < 1.29 is 0 Å². The molecule has 1 aliphatic rings. The minimum absolute atomic E-state index is 0.191. The van der Waals surface area contributed by atoms with E-state index in [0.717, 1.165) is 12.1 Å². The molecule has 0 heterocycles. The van der Waals surface area contributed by atoms with Gasteiger partial charge in [-0.15, -0.1) is 0 Å². The fourth-order valence-corrected chi connectivity index (χ4v) is 2.41. The summed E-state index contributed by atoms with van der Waals surface area (Å²) in [7, 11) is 0. The first-order chi connectivity index (χ1) is 7.71. The van der Waals surface area contributed by atoms with Crippen LogP contribution in [0.3, 0.4) is 0 Å². The third-order valence-corrected chi connectivity index (χ3v) is 3.83. The molecule has 2 rings (SSSR count). The van der Waals surface area contributed by atoms with E-state index in [1.54, 1.807) is 6.07 Å². The first-order valence-electron chi connectivity index (χ1n) is 5.67. The van der Waals surface area contributed by atoms with Gasteiger partial charge in [-0.05, 0) is 37.8 Å². The summed E-state index contributed by atoms with van der Waals surface area (Å²) < 4.78 is 0. The van der Waals surface area contributed by atoms with Crippen LogP contribution in [-0.4, -0.2) is 5.54 Å². The smallest absolute Gasteiger partial charge is 0.103 e. The molecule has 0 amide bonds. The molecule has 84 valence electrons.